The summed E-state index contributed by atoms with van der Waals surface area (Å²) in [6.45, 7) is 6.92. The second-order valence-electron chi connectivity index (χ2n) is 9.05. The molecule has 8 nitrogen and oxygen atoms in total. The van der Waals surface area contributed by atoms with Crippen LogP contribution in [-0.4, -0.2) is 80.7 Å². The molecule has 33 heavy (non-hydrogen) atoms. The maximum Gasteiger partial charge on any atom is 0.247 e. The zero-order chi connectivity index (χ0) is 24.2. The monoisotopic (exact) mass is 480 g/mol. The molecule has 1 amide bonds. The van der Waals surface area contributed by atoms with E-state index < -0.39 is 22.2 Å². The van der Waals surface area contributed by atoms with E-state index in [2.05, 4.69) is 0 Å². The molecule has 2 aliphatic heterocycles. The summed E-state index contributed by atoms with van der Waals surface area (Å²) in [6, 6.07) is 4.43. The van der Waals surface area contributed by atoms with Crippen molar-refractivity contribution in [1.29, 1.82) is 0 Å². The van der Waals surface area contributed by atoms with Gasteiger partial charge in [-0.15, -0.1) is 0 Å². The van der Waals surface area contributed by atoms with Crippen LogP contribution in [0.1, 0.15) is 39.2 Å². The van der Waals surface area contributed by atoms with Gasteiger partial charge in [0.25, 0.3) is 0 Å². The first-order valence-corrected chi connectivity index (χ1v) is 13.0. The molecule has 0 aliphatic carbocycles. The van der Waals surface area contributed by atoms with Gasteiger partial charge in [-0.3, -0.25) is 4.79 Å². The number of allylic oxidation sites excluding steroid dienone is 1. The minimum atomic E-state index is -3.87. The number of rotatable bonds is 6. The molecule has 1 aromatic carbocycles. The third-order valence-electron chi connectivity index (χ3n) is 6.45. The van der Waals surface area contributed by atoms with Gasteiger partial charge in [-0.05, 0) is 44.4 Å². The highest BCUT2D eigenvalue weighted by Gasteiger charge is 2.38. The Hall–Kier alpha value is -1.94. The largest absolute Gasteiger partial charge is 0.487 e. The summed E-state index contributed by atoms with van der Waals surface area (Å²) in [5.41, 5.74) is 0.826. The van der Waals surface area contributed by atoms with Gasteiger partial charge in [0, 0.05) is 44.7 Å². The number of sulfonamides is 1. The van der Waals surface area contributed by atoms with E-state index >= 15 is 0 Å². The van der Waals surface area contributed by atoms with Crippen molar-refractivity contribution in [2.45, 2.75) is 50.7 Å². The van der Waals surface area contributed by atoms with Crippen LogP contribution < -0.4 is 4.74 Å². The quantitative estimate of drug-likeness (QED) is 0.672. The SMILES string of the molecule is C/C=C/c1ccc2c(c1)O[C@H](CN(C)C(=O)C1CCOCC1)[C@H](C)CN([C@@H](C)CO)S2(=O)=O. The lowest BCUT2D eigenvalue weighted by molar-refractivity contribution is -0.138. The van der Waals surface area contributed by atoms with Crippen LogP contribution in [0.15, 0.2) is 29.2 Å². The maximum atomic E-state index is 13.5. The number of aliphatic hydroxyl groups is 1. The molecule has 1 fully saturated rings. The van der Waals surface area contributed by atoms with Gasteiger partial charge in [0.05, 0.1) is 13.2 Å². The molecule has 9 heteroatoms. The summed E-state index contributed by atoms with van der Waals surface area (Å²) >= 11 is 0. The molecule has 0 unspecified atom stereocenters. The average Bonchev–Trinajstić information content (AvgIpc) is 2.81. The number of likely N-dealkylation sites (N-methyl/N-ethyl adjacent to an activating group) is 1. The van der Waals surface area contributed by atoms with Crippen LogP contribution in [0.4, 0.5) is 0 Å². The lowest BCUT2D eigenvalue weighted by atomic mass is 9.97. The molecule has 1 saturated heterocycles. The Balaban J connectivity index is 1.95. The van der Waals surface area contributed by atoms with E-state index in [1.165, 1.54) is 4.31 Å². The molecule has 3 atom stereocenters. The fourth-order valence-electron chi connectivity index (χ4n) is 4.37. The number of aliphatic hydroxyl groups excluding tert-OH is 1. The van der Waals surface area contributed by atoms with Crippen molar-refractivity contribution in [2.75, 3.05) is 40.0 Å². The predicted octanol–water partition coefficient (Wildman–Crippen LogP) is 2.37. The molecular weight excluding hydrogens is 444 g/mol. The Morgan fingerprint density at radius 2 is 2.03 bits per heavy atom. The molecule has 0 saturated carbocycles. The smallest absolute Gasteiger partial charge is 0.247 e. The first-order valence-electron chi connectivity index (χ1n) is 11.6. The van der Waals surface area contributed by atoms with Crippen molar-refractivity contribution in [3.8, 4) is 5.75 Å². The Morgan fingerprint density at radius 3 is 2.67 bits per heavy atom. The van der Waals surface area contributed by atoms with Gasteiger partial charge >= 0.3 is 0 Å². The molecule has 1 aromatic rings. The number of fused-ring (bicyclic) bond motifs is 1. The summed E-state index contributed by atoms with van der Waals surface area (Å²) < 4.78 is 40.0. The number of ether oxygens (including phenoxy) is 2. The molecule has 0 spiro atoms. The van der Waals surface area contributed by atoms with Crippen molar-refractivity contribution in [3.63, 3.8) is 0 Å². The van der Waals surface area contributed by atoms with E-state index in [1.54, 1.807) is 37.1 Å². The van der Waals surface area contributed by atoms with Crippen LogP contribution in [0.3, 0.4) is 0 Å². The van der Waals surface area contributed by atoms with Crippen LogP contribution >= 0.6 is 0 Å². The van der Waals surface area contributed by atoms with E-state index in [-0.39, 0.29) is 41.5 Å². The Morgan fingerprint density at radius 1 is 1.33 bits per heavy atom. The number of carbonyl (C=O) groups excluding carboxylic acids is 1. The van der Waals surface area contributed by atoms with Gasteiger partial charge in [0.1, 0.15) is 16.7 Å². The molecule has 3 rings (SSSR count). The van der Waals surface area contributed by atoms with Gasteiger partial charge in [-0.1, -0.05) is 25.1 Å². The zero-order valence-corrected chi connectivity index (χ0v) is 20.8. The summed E-state index contributed by atoms with van der Waals surface area (Å²) in [5, 5.41) is 9.75. The summed E-state index contributed by atoms with van der Waals surface area (Å²) in [7, 11) is -2.10. The van der Waals surface area contributed by atoms with Gasteiger partial charge in [-0.2, -0.15) is 4.31 Å². The van der Waals surface area contributed by atoms with Gasteiger partial charge in [0.2, 0.25) is 15.9 Å². The molecular formula is C24H36N2O6S. The third kappa shape index (κ3) is 5.77. The Kier molecular flexibility index (Phi) is 8.55. The molecule has 2 aliphatic rings. The predicted molar refractivity (Wildman–Crippen MR) is 126 cm³/mol. The number of nitrogens with zero attached hydrogens (tertiary/aromatic N) is 2. The van der Waals surface area contributed by atoms with Crippen LogP contribution in [0.2, 0.25) is 0 Å². The number of benzene rings is 1. The summed E-state index contributed by atoms with van der Waals surface area (Å²) in [4.78, 5) is 14.8. The minimum absolute atomic E-state index is 0.0623. The number of hydrogen-bond acceptors (Lipinski definition) is 6. The highest BCUT2D eigenvalue weighted by atomic mass is 32.2. The molecule has 0 aromatic heterocycles. The van der Waals surface area contributed by atoms with Crippen molar-refractivity contribution < 1.29 is 27.8 Å². The van der Waals surface area contributed by atoms with Gasteiger partial charge in [-0.25, -0.2) is 8.42 Å². The van der Waals surface area contributed by atoms with Crippen molar-refractivity contribution in [2.24, 2.45) is 11.8 Å². The van der Waals surface area contributed by atoms with Gasteiger partial charge in [0.15, 0.2) is 0 Å². The molecule has 0 radical (unpaired) electrons. The van der Waals surface area contributed by atoms with E-state index in [9.17, 15) is 18.3 Å². The van der Waals surface area contributed by atoms with Crippen LogP contribution in [0, 0.1) is 11.8 Å². The fourth-order valence-corrected chi connectivity index (χ4v) is 6.20. The summed E-state index contributed by atoms with van der Waals surface area (Å²) in [5.74, 6) is 0.0566. The van der Waals surface area contributed by atoms with E-state index in [0.717, 1.165) is 5.56 Å². The van der Waals surface area contributed by atoms with E-state index in [0.29, 0.717) is 32.6 Å². The summed E-state index contributed by atoms with van der Waals surface area (Å²) in [6.07, 6.45) is 4.75. The van der Waals surface area contributed by atoms with E-state index in [1.807, 2.05) is 26.0 Å². The first kappa shape index (κ1) is 25.7. The second kappa shape index (κ2) is 11.0. The topological polar surface area (TPSA) is 96.4 Å². The van der Waals surface area contributed by atoms with Crippen molar-refractivity contribution in [3.05, 3.63) is 29.8 Å². The van der Waals surface area contributed by atoms with Crippen LogP contribution in [0.5, 0.6) is 5.75 Å². The van der Waals surface area contributed by atoms with E-state index in [4.69, 9.17) is 9.47 Å². The number of hydrogen-bond donors (Lipinski definition) is 1. The molecule has 0 bridgehead atoms. The fraction of sp³-hybridized carbons (Fsp3) is 0.625. The number of carbonyl (C=O) groups is 1. The van der Waals surface area contributed by atoms with Gasteiger partial charge < -0.3 is 19.5 Å². The lowest BCUT2D eigenvalue weighted by Crippen LogP contribution is -2.50. The Bertz CT molecular complexity index is 958. The average molecular weight is 481 g/mol. The normalized spacial score (nSPS) is 25.0. The van der Waals surface area contributed by atoms with Crippen LogP contribution in [-0.2, 0) is 19.6 Å². The Labute approximate surface area is 197 Å². The highest BCUT2D eigenvalue weighted by molar-refractivity contribution is 7.89. The molecule has 2 heterocycles. The van der Waals surface area contributed by atoms with Crippen molar-refractivity contribution in [1.82, 2.24) is 9.21 Å². The molecule has 184 valence electrons. The first-order chi connectivity index (χ1) is 15.7. The standard InChI is InChI=1S/C24H36N2O6S/c1-5-6-19-7-8-23-21(13-19)32-22(15-25(4)24(28)20-9-11-31-12-10-20)17(2)14-26(18(3)16-27)33(23,29)30/h5-8,13,17-18,20,22,27H,9-12,14-16H2,1-4H3/b6-5+/t17-,18+,22-/m1/s1. The minimum Gasteiger partial charge on any atom is -0.487 e. The third-order valence-corrected chi connectivity index (χ3v) is 8.47. The highest BCUT2D eigenvalue weighted by Crippen LogP contribution is 2.34. The molecule has 1 N–H and O–H groups in total. The maximum absolute atomic E-state index is 13.5. The van der Waals surface area contributed by atoms with Crippen LogP contribution in [0.25, 0.3) is 6.08 Å². The zero-order valence-electron chi connectivity index (χ0n) is 19.9. The second-order valence-corrected chi connectivity index (χ2v) is 10.9. The van der Waals surface area contributed by atoms with Crippen molar-refractivity contribution >= 4 is 22.0 Å². The number of amides is 1. The lowest BCUT2D eigenvalue weighted by Gasteiger charge is -2.38.